The molecule has 0 aromatic heterocycles. The molecule has 0 aliphatic carbocycles. The second-order valence-electron chi connectivity index (χ2n) is 7.95. The lowest BCUT2D eigenvalue weighted by molar-refractivity contribution is 0.0779. The monoisotopic (exact) mass is 497 g/mol. The van der Waals surface area contributed by atoms with E-state index in [-0.39, 0.29) is 12.5 Å². The molecule has 180 valence electrons. The number of carbonyl (C=O) groups excluding carboxylic acids is 1. The zero-order valence-electron chi connectivity index (χ0n) is 19.1. The minimum Gasteiger partial charge on any atom is -0.493 e. The number of likely N-dealkylation sites (tertiary alicyclic amines) is 1. The Morgan fingerprint density at radius 1 is 1.06 bits per heavy atom. The van der Waals surface area contributed by atoms with Crippen LogP contribution in [0.1, 0.15) is 28.8 Å². The summed E-state index contributed by atoms with van der Waals surface area (Å²) >= 11 is 6.07. The van der Waals surface area contributed by atoms with Crippen molar-refractivity contribution in [3.63, 3.8) is 0 Å². The maximum absolute atomic E-state index is 13.4. The molecule has 0 bridgehead atoms. The Morgan fingerprint density at radius 3 is 2.18 bits per heavy atom. The van der Waals surface area contributed by atoms with E-state index in [4.69, 9.17) is 30.0 Å². The Bertz CT molecular complexity index is 1080. The SMILES string of the molecule is COc1cc(C(=O)N2CCC(CCOS(C)(=O)=O)(c3ccc(Cl)cc3)C2)cc(OC)c1OC. The van der Waals surface area contributed by atoms with Crippen molar-refractivity contribution >= 4 is 27.6 Å². The third-order valence-electron chi connectivity index (χ3n) is 5.89. The van der Waals surface area contributed by atoms with Crippen molar-refractivity contribution in [1.82, 2.24) is 4.90 Å². The van der Waals surface area contributed by atoms with Gasteiger partial charge in [-0.3, -0.25) is 8.98 Å². The Hall–Kier alpha value is -2.49. The van der Waals surface area contributed by atoms with Crippen LogP contribution in [0.4, 0.5) is 0 Å². The number of rotatable bonds is 9. The van der Waals surface area contributed by atoms with Gasteiger partial charge in [0.05, 0.1) is 34.2 Å². The molecule has 1 heterocycles. The fourth-order valence-electron chi connectivity index (χ4n) is 4.21. The van der Waals surface area contributed by atoms with Crippen molar-refractivity contribution in [2.24, 2.45) is 0 Å². The molecule has 10 heteroatoms. The number of amides is 1. The molecule has 1 aliphatic rings. The highest BCUT2D eigenvalue weighted by atomic mass is 35.5. The first-order valence-electron chi connectivity index (χ1n) is 10.3. The number of hydrogen-bond acceptors (Lipinski definition) is 7. The van der Waals surface area contributed by atoms with Crippen LogP contribution in [0, 0.1) is 0 Å². The van der Waals surface area contributed by atoms with Gasteiger partial charge < -0.3 is 19.1 Å². The zero-order chi connectivity index (χ0) is 24.2. The summed E-state index contributed by atoms with van der Waals surface area (Å²) in [7, 11) is 0.923. The molecule has 3 rings (SSSR count). The second-order valence-corrected chi connectivity index (χ2v) is 10.0. The molecule has 0 saturated carbocycles. The van der Waals surface area contributed by atoms with Gasteiger partial charge in [-0.25, -0.2) is 0 Å². The van der Waals surface area contributed by atoms with Crippen molar-refractivity contribution in [2.45, 2.75) is 18.3 Å². The molecule has 0 radical (unpaired) electrons. The molecule has 1 unspecified atom stereocenters. The summed E-state index contributed by atoms with van der Waals surface area (Å²) in [5, 5.41) is 0.602. The summed E-state index contributed by atoms with van der Waals surface area (Å²) in [5.41, 5.74) is 0.916. The van der Waals surface area contributed by atoms with Crippen molar-refractivity contribution in [2.75, 3.05) is 47.3 Å². The summed E-state index contributed by atoms with van der Waals surface area (Å²) in [5.74, 6) is 1.01. The number of methoxy groups -OCH3 is 3. The van der Waals surface area contributed by atoms with E-state index in [9.17, 15) is 13.2 Å². The molecule has 1 fully saturated rings. The number of carbonyl (C=O) groups is 1. The number of hydrogen-bond donors (Lipinski definition) is 0. The molecule has 8 nitrogen and oxygen atoms in total. The molecule has 1 aliphatic heterocycles. The molecule has 0 N–H and O–H groups in total. The Morgan fingerprint density at radius 2 is 1.67 bits per heavy atom. The van der Waals surface area contributed by atoms with Crippen LogP contribution in [-0.2, 0) is 19.7 Å². The van der Waals surface area contributed by atoms with Gasteiger partial charge in [0.2, 0.25) is 5.75 Å². The highest BCUT2D eigenvalue weighted by Crippen LogP contribution is 2.41. The van der Waals surface area contributed by atoms with Crippen LogP contribution in [0.15, 0.2) is 36.4 Å². The predicted molar refractivity (Wildman–Crippen MR) is 125 cm³/mol. The molecule has 33 heavy (non-hydrogen) atoms. The summed E-state index contributed by atoms with van der Waals surface area (Å²) in [4.78, 5) is 15.2. The van der Waals surface area contributed by atoms with Gasteiger partial charge in [0.25, 0.3) is 16.0 Å². The summed E-state index contributed by atoms with van der Waals surface area (Å²) < 4.78 is 44.1. The first-order valence-corrected chi connectivity index (χ1v) is 12.5. The Balaban J connectivity index is 1.90. The third kappa shape index (κ3) is 5.72. The summed E-state index contributed by atoms with van der Waals surface area (Å²) in [6.45, 7) is 0.919. The average molecular weight is 498 g/mol. The van der Waals surface area contributed by atoms with Crippen LogP contribution in [-0.4, -0.2) is 66.5 Å². The fraction of sp³-hybridized carbons (Fsp3) is 0.435. The van der Waals surface area contributed by atoms with Crippen LogP contribution >= 0.6 is 11.6 Å². The minimum atomic E-state index is -3.57. The first-order chi connectivity index (χ1) is 15.6. The largest absolute Gasteiger partial charge is 0.493 e. The van der Waals surface area contributed by atoms with Crippen molar-refractivity contribution in [1.29, 1.82) is 0 Å². The highest BCUT2D eigenvalue weighted by Gasteiger charge is 2.41. The average Bonchev–Trinajstić information content (AvgIpc) is 3.22. The summed E-state index contributed by atoms with van der Waals surface area (Å²) in [6.07, 6.45) is 2.11. The lowest BCUT2D eigenvalue weighted by atomic mass is 9.77. The Kier molecular flexibility index (Phi) is 7.76. The van der Waals surface area contributed by atoms with Crippen LogP contribution < -0.4 is 14.2 Å². The molecule has 1 amide bonds. The number of halogens is 1. The van der Waals surface area contributed by atoms with Crippen molar-refractivity contribution in [3.05, 3.63) is 52.5 Å². The van der Waals surface area contributed by atoms with Gasteiger partial charge in [-0.2, -0.15) is 8.42 Å². The smallest absolute Gasteiger partial charge is 0.264 e. The van der Waals surface area contributed by atoms with Crippen LogP contribution in [0.25, 0.3) is 0 Å². The van der Waals surface area contributed by atoms with E-state index < -0.39 is 15.5 Å². The maximum Gasteiger partial charge on any atom is 0.264 e. The molecular formula is C23H28ClNO7S. The predicted octanol–water partition coefficient (Wildman–Crippen LogP) is 3.52. The lowest BCUT2D eigenvalue weighted by Gasteiger charge is -2.30. The third-order valence-corrected chi connectivity index (χ3v) is 6.73. The van der Waals surface area contributed by atoms with Crippen LogP contribution in [0.5, 0.6) is 17.2 Å². The van der Waals surface area contributed by atoms with E-state index >= 15 is 0 Å². The van der Waals surface area contributed by atoms with E-state index in [0.29, 0.717) is 53.8 Å². The van der Waals surface area contributed by atoms with Gasteiger partial charge in [-0.1, -0.05) is 23.7 Å². The molecule has 1 atom stereocenters. The Labute approximate surface area is 199 Å². The normalized spacial score (nSPS) is 18.3. The van der Waals surface area contributed by atoms with Gasteiger partial charge in [0.1, 0.15) is 0 Å². The van der Waals surface area contributed by atoms with E-state index in [1.807, 2.05) is 12.1 Å². The number of nitrogens with zero attached hydrogens (tertiary/aromatic N) is 1. The topological polar surface area (TPSA) is 91.4 Å². The van der Waals surface area contributed by atoms with E-state index in [1.54, 1.807) is 29.2 Å². The molecule has 1 saturated heterocycles. The van der Waals surface area contributed by atoms with E-state index in [2.05, 4.69) is 0 Å². The first kappa shape index (κ1) is 25.1. The zero-order valence-corrected chi connectivity index (χ0v) is 20.7. The van der Waals surface area contributed by atoms with Gasteiger partial charge in [0, 0.05) is 29.1 Å². The maximum atomic E-state index is 13.4. The molecule has 2 aromatic carbocycles. The quantitative estimate of drug-likeness (QED) is 0.489. The van der Waals surface area contributed by atoms with E-state index in [0.717, 1.165) is 11.8 Å². The van der Waals surface area contributed by atoms with Crippen molar-refractivity contribution < 1.29 is 31.6 Å². The van der Waals surface area contributed by atoms with Crippen molar-refractivity contribution in [3.8, 4) is 17.2 Å². The fourth-order valence-corrected chi connectivity index (χ4v) is 4.72. The number of benzene rings is 2. The van der Waals surface area contributed by atoms with Gasteiger partial charge >= 0.3 is 0 Å². The molecule has 0 spiro atoms. The van der Waals surface area contributed by atoms with Gasteiger partial charge in [-0.15, -0.1) is 0 Å². The standard InChI is InChI=1S/C23H28ClNO7S/c1-29-19-13-16(14-20(30-2)21(19)31-3)22(26)25-11-9-23(15-25,10-12-32-33(4,27)28)17-5-7-18(24)8-6-17/h5-8,13-14H,9-12,15H2,1-4H3. The van der Waals surface area contributed by atoms with Gasteiger partial charge in [-0.05, 0) is 42.7 Å². The molecule has 2 aromatic rings. The molecular weight excluding hydrogens is 470 g/mol. The second kappa shape index (κ2) is 10.2. The van der Waals surface area contributed by atoms with Crippen LogP contribution in [0.3, 0.4) is 0 Å². The van der Waals surface area contributed by atoms with Gasteiger partial charge in [0.15, 0.2) is 11.5 Å². The number of ether oxygens (including phenoxy) is 3. The highest BCUT2D eigenvalue weighted by molar-refractivity contribution is 7.85. The summed E-state index contributed by atoms with van der Waals surface area (Å²) in [6, 6.07) is 10.7. The van der Waals surface area contributed by atoms with E-state index in [1.165, 1.54) is 21.3 Å². The minimum absolute atomic E-state index is 0.0215. The lowest BCUT2D eigenvalue weighted by Crippen LogP contribution is -2.35. The van der Waals surface area contributed by atoms with Crippen LogP contribution in [0.2, 0.25) is 5.02 Å².